The van der Waals surface area contributed by atoms with E-state index in [1.807, 2.05) is 37.8 Å². The Labute approximate surface area is 165 Å². The van der Waals surface area contributed by atoms with Crippen LogP contribution in [0.1, 0.15) is 34.6 Å². The number of carbonyl (C=O) groups is 1. The molecule has 1 fully saturated rings. The summed E-state index contributed by atoms with van der Waals surface area (Å²) >= 11 is 0. The minimum absolute atomic E-state index is 0.00216. The fourth-order valence-electron chi connectivity index (χ4n) is 3.83. The number of benzene rings is 1. The summed E-state index contributed by atoms with van der Waals surface area (Å²) in [4.78, 5) is 28.4. The van der Waals surface area contributed by atoms with Crippen LogP contribution in [0, 0.1) is 12.8 Å². The second-order valence-corrected chi connectivity index (χ2v) is 7.58. The van der Waals surface area contributed by atoms with Crippen molar-refractivity contribution in [2.75, 3.05) is 13.1 Å². The number of nitrogens with zero attached hydrogens (tertiary/aromatic N) is 5. The summed E-state index contributed by atoms with van der Waals surface area (Å²) in [5.41, 5.74) is 3.30. The number of rotatable bonds is 5. The summed E-state index contributed by atoms with van der Waals surface area (Å²) in [5.74, 6) is 1.44. The van der Waals surface area contributed by atoms with Crippen molar-refractivity contribution >= 4 is 5.78 Å². The molecule has 0 aliphatic carbocycles. The Balaban J connectivity index is 1.41. The summed E-state index contributed by atoms with van der Waals surface area (Å²) < 4.78 is 1.80. The van der Waals surface area contributed by atoms with Crippen molar-refractivity contribution in [1.82, 2.24) is 24.4 Å². The van der Waals surface area contributed by atoms with Gasteiger partial charge in [-0.3, -0.25) is 9.69 Å². The first-order valence-corrected chi connectivity index (χ1v) is 9.72. The normalized spacial score (nSPS) is 17.6. The van der Waals surface area contributed by atoms with Gasteiger partial charge in [0.15, 0.2) is 11.6 Å². The Morgan fingerprint density at radius 2 is 2.04 bits per heavy atom. The highest BCUT2D eigenvalue weighted by molar-refractivity contribution is 5.94. The summed E-state index contributed by atoms with van der Waals surface area (Å²) in [5, 5.41) is 0. The van der Waals surface area contributed by atoms with E-state index in [-0.39, 0.29) is 11.7 Å². The molecule has 0 bridgehead atoms. The summed E-state index contributed by atoms with van der Waals surface area (Å²) in [6.07, 6.45) is 9.24. The van der Waals surface area contributed by atoms with Gasteiger partial charge in [-0.2, -0.15) is 0 Å². The van der Waals surface area contributed by atoms with E-state index >= 15 is 0 Å². The van der Waals surface area contributed by atoms with E-state index in [0.29, 0.717) is 5.82 Å². The zero-order valence-corrected chi connectivity index (χ0v) is 16.4. The number of Topliss-reactive ketones (excluding diaryl/α,β-unsaturated/α-hetero) is 1. The van der Waals surface area contributed by atoms with Gasteiger partial charge in [-0.15, -0.1) is 0 Å². The van der Waals surface area contributed by atoms with E-state index in [9.17, 15) is 4.79 Å². The Morgan fingerprint density at radius 3 is 2.75 bits per heavy atom. The van der Waals surface area contributed by atoms with Gasteiger partial charge in [0, 0.05) is 62.0 Å². The van der Waals surface area contributed by atoms with Gasteiger partial charge in [-0.1, -0.05) is 23.8 Å². The van der Waals surface area contributed by atoms with Crippen molar-refractivity contribution in [3.63, 3.8) is 0 Å². The molecule has 0 saturated carbocycles. The van der Waals surface area contributed by atoms with Crippen LogP contribution in [0.5, 0.6) is 0 Å². The van der Waals surface area contributed by atoms with E-state index in [0.717, 1.165) is 49.4 Å². The smallest absolute Gasteiger partial charge is 0.202 e. The standard InChI is InChI=1S/C22H25N5O/c1-16-5-3-6-18(11-16)21-24-12-17(13-25-21)14-27-9-4-7-19(15-27)20(28)22-23-8-10-26(22)2/h3,5-6,8,10-13,19H,4,7,9,14-15H2,1-2H3/t19-/m1/s1. The maximum absolute atomic E-state index is 12.8. The number of aromatic nitrogens is 4. The Kier molecular flexibility index (Phi) is 5.30. The van der Waals surface area contributed by atoms with Crippen molar-refractivity contribution in [2.24, 2.45) is 13.0 Å². The molecule has 0 radical (unpaired) electrons. The minimum Gasteiger partial charge on any atom is -0.332 e. The molecular formula is C22H25N5O. The number of aryl methyl sites for hydroxylation is 2. The third-order valence-corrected chi connectivity index (χ3v) is 5.31. The molecule has 28 heavy (non-hydrogen) atoms. The first-order valence-electron chi connectivity index (χ1n) is 9.72. The summed E-state index contributed by atoms with van der Waals surface area (Å²) in [7, 11) is 1.87. The van der Waals surface area contributed by atoms with Crippen LogP contribution in [-0.4, -0.2) is 43.3 Å². The van der Waals surface area contributed by atoms with Crippen LogP contribution in [-0.2, 0) is 13.6 Å². The lowest BCUT2D eigenvalue weighted by Crippen LogP contribution is -2.38. The number of likely N-dealkylation sites (tertiary alicyclic amines) is 1. The molecule has 2 aromatic heterocycles. The Hall–Kier alpha value is -2.86. The van der Waals surface area contributed by atoms with Crippen LogP contribution in [0.25, 0.3) is 11.4 Å². The molecule has 0 N–H and O–H groups in total. The van der Waals surface area contributed by atoms with Crippen LogP contribution in [0.3, 0.4) is 0 Å². The molecule has 3 aromatic rings. The van der Waals surface area contributed by atoms with Gasteiger partial charge in [0.2, 0.25) is 5.78 Å². The average molecular weight is 375 g/mol. The van der Waals surface area contributed by atoms with Crippen LogP contribution in [0.2, 0.25) is 0 Å². The average Bonchev–Trinajstić information content (AvgIpc) is 3.14. The van der Waals surface area contributed by atoms with E-state index in [1.165, 1.54) is 5.56 Å². The van der Waals surface area contributed by atoms with Crippen LogP contribution in [0.4, 0.5) is 0 Å². The predicted octanol–water partition coefficient (Wildman–Crippen LogP) is 3.28. The van der Waals surface area contributed by atoms with E-state index in [4.69, 9.17) is 0 Å². The minimum atomic E-state index is 0.00216. The maximum Gasteiger partial charge on any atom is 0.202 e. The molecule has 4 rings (SSSR count). The number of hydrogen-bond acceptors (Lipinski definition) is 5. The highest BCUT2D eigenvalue weighted by atomic mass is 16.1. The fourth-order valence-corrected chi connectivity index (χ4v) is 3.83. The van der Waals surface area contributed by atoms with E-state index in [1.54, 1.807) is 10.8 Å². The second kappa shape index (κ2) is 8.02. The lowest BCUT2D eigenvalue weighted by molar-refractivity contribution is 0.0797. The van der Waals surface area contributed by atoms with Crippen molar-refractivity contribution in [3.05, 3.63) is 66.0 Å². The van der Waals surface area contributed by atoms with Gasteiger partial charge in [0.05, 0.1) is 0 Å². The molecular weight excluding hydrogens is 350 g/mol. The number of carbonyl (C=O) groups excluding carboxylic acids is 1. The monoisotopic (exact) mass is 375 g/mol. The van der Waals surface area contributed by atoms with Crippen molar-refractivity contribution in [1.29, 1.82) is 0 Å². The zero-order chi connectivity index (χ0) is 19.5. The van der Waals surface area contributed by atoms with Crippen molar-refractivity contribution in [3.8, 4) is 11.4 Å². The van der Waals surface area contributed by atoms with E-state index < -0.39 is 0 Å². The van der Waals surface area contributed by atoms with Crippen LogP contribution >= 0.6 is 0 Å². The first kappa shape index (κ1) is 18.5. The third-order valence-electron chi connectivity index (χ3n) is 5.31. The molecule has 3 heterocycles. The Bertz CT molecular complexity index is 963. The van der Waals surface area contributed by atoms with E-state index in [2.05, 4.69) is 38.9 Å². The van der Waals surface area contributed by atoms with Gasteiger partial charge in [0.1, 0.15) is 0 Å². The molecule has 1 aromatic carbocycles. The molecule has 1 aliphatic rings. The van der Waals surface area contributed by atoms with Crippen molar-refractivity contribution < 1.29 is 4.79 Å². The van der Waals surface area contributed by atoms with Gasteiger partial charge < -0.3 is 4.57 Å². The lowest BCUT2D eigenvalue weighted by atomic mass is 9.93. The van der Waals surface area contributed by atoms with Gasteiger partial charge >= 0.3 is 0 Å². The van der Waals surface area contributed by atoms with Gasteiger partial charge in [-0.25, -0.2) is 15.0 Å². The van der Waals surface area contributed by atoms with Gasteiger partial charge in [0.25, 0.3) is 0 Å². The molecule has 1 aliphatic heterocycles. The highest BCUT2D eigenvalue weighted by Gasteiger charge is 2.28. The molecule has 144 valence electrons. The Morgan fingerprint density at radius 1 is 1.21 bits per heavy atom. The van der Waals surface area contributed by atoms with Gasteiger partial charge in [-0.05, 0) is 32.4 Å². The highest BCUT2D eigenvalue weighted by Crippen LogP contribution is 2.22. The van der Waals surface area contributed by atoms with Crippen molar-refractivity contribution in [2.45, 2.75) is 26.3 Å². The number of ketones is 1. The lowest BCUT2D eigenvalue weighted by Gasteiger charge is -2.31. The molecule has 6 nitrogen and oxygen atoms in total. The van der Waals surface area contributed by atoms with Crippen LogP contribution < -0.4 is 0 Å². The second-order valence-electron chi connectivity index (χ2n) is 7.58. The molecule has 0 amide bonds. The topological polar surface area (TPSA) is 63.9 Å². The number of hydrogen-bond donors (Lipinski definition) is 0. The molecule has 0 spiro atoms. The summed E-state index contributed by atoms with van der Waals surface area (Å²) in [6, 6.07) is 8.21. The fraction of sp³-hybridized carbons (Fsp3) is 0.364. The van der Waals surface area contributed by atoms with Crippen LogP contribution in [0.15, 0.2) is 49.1 Å². The molecule has 6 heteroatoms. The number of imidazole rings is 1. The third kappa shape index (κ3) is 4.02. The first-order chi connectivity index (χ1) is 13.6. The SMILES string of the molecule is Cc1cccc(-c2ncc(CN3CCC[C@@H](C(=O)c4nccn4C)C3)cn2)c1. The predicted molar refractivity (Wildman–Crippen MR) is 108 cm³/mol. The largest absolute Gasteiger partial charge is 0.332 e. The maximum atomic E-state index is 12.8. The quantitative estimate of drug-likeness (QED) is 0.641. The molecule has 0 unspecified atom stereocenters. The molecule has 1 atom stereocenters. The number of piperidine rings is 1. The molecule has 1 saturated heterocycles. The summed E-state index contributed by atoms with van der Waals surface area (Å²) in [6.45, 7) is 4.57. The zero-order valence-electron chi connectivity index (χ0n) is 16.4.